The minimum absolute atomic E-state index is 0.0242. The van der Waals surface area contributed by atoms with Crippen LogP contribution in [0.15, 0.2) is 30.6 Å². The second kappa shape index (κ2) is 6.08. The SMILES string of the molecule is CCNC(c1ccc(Cl)c(OC)c1)c1nccn1C. The minimum atomic E-state index is 0.0242. The Morgan fingerprint density at radius 2 is 2.26 bits per heavy atom. The van der Waals surface area contributed by atoms with Crippen LogP contribution in [0.3, 0.4) is 0 Å². The van der Waals surface area contributed by atoms with Gasteiger partial charge in [-0.25, -0.2) is 4.98 Å². The van der Waals surface area contributed by atoms with Gasteiger partial charge in [0.2, 0.25) is 0 Å². The largest absolute Gasteiger partial charge is 0.495 e. The molecule has 0 radical (unpaired) electrons. The van der Waals surface area contributed by atoms with E-state index in [1.807, 2.05) is 36.0 Å². The van der Waals surface area contributed by atoms with Crippen molar-refractivity contribution in [2.24, 2.45) is 7.05 Å². The molecule has 5 heteroatoms. The summed E-state index contributed by atoms with van der Waals surface area (Å²) in [5, 5.41) is 4.04. The van der Waals surface area contributed by atoms with Crippen molar-refractivity contribution in [2.75, 3.05) is 13.7 Å². The molecule has 102 valence electrons. The van der Waals surface area contributed by atoms with Crippen molar-refractivity contribution in [2.45, 2.75) is 13.0 Å². The summed E-state index contributed by atoms with van der Waals surface area (Å²) in [7, 11) is 3.61. The van der Waals surface area contributed by atoms with Crippen LogP contribution >= 0.6 is 11.6 Å². The van der Waals surface area contributed by atoms with Crippen molar-refractivity contribution >= 4 is 11.6 Å². The predicted molar refractivity (Wildman–Crippen MR) is 76.7 cm³/mol. The van der Waals surface area contributed by atoms with E-state index in [1.54, 1.807) is 13.3 Å². The topological polar surface area (TPSA) is 39.1 Å². The third kappa shape index (κ3) is 2.91. The number of ether oxygens (including phenoxy) is 1. The van der Waals surface area contributed by atoms with Gasteiger partial charge in [0, 0.05) is 19.4 Å². The standard InChI is InChI=1S/C14H18ClN3O/c1-4-16-13(14-17-7-8-18(14)2)10-5-6-11(15)12(9-10)19-3/h5-9,13,16H,4H2,1-3H3. The Kier molecular flexibility index (Phi) is 4.45. The molecule has 0 fully saturated rings. The van der Waals surface area contributed by atoms with Crippen LogP contribution in [0, 0.1) is 0 Å². The number of imidazole rings is 1. The van der Waals surface area contributed by atoms with Crippen LogP contribution in [-0.2, 0) is 7.05 Å². The van der Waals surface area contributed by atoms with Gasteiger partial charge in [0.1, 0.15) is 11.6 Å². The zero-order chi connectivity index (χ0) is 13.8. The highest BCUT2D eigenvalue weighted by molar-refractivity contribution is 6.32. The maximum absolute atomic E-state index is 6.07. The predicted octanol–water partition coefficient (Wildman–Crippen LogP) is 2.78. The molecule has 1 aromatic carbocycles. The fraction of sp³-hybridized carbons (Fsp3) is 0.357. The fourth-order valence-electron chi connectivity index (χ4n) is 2.07. The third-order valence-corrected chi connectivity index (χ3v) is 3.35. The molecule has 1 N–H and O–H groups in total. The molecule has 0 aliphatic carbocycles. The Balaban J connectivity index is 2.42. The van der Waals surface area contributed by atoms with Crippen molar-refractivity contribution in [3.63, 3.8) is 0 Å². The van der Waals surface area contributed by atoms with Gasteiger partial charge in [-0.3, -0.25) is 0 Å². The average Bonchev–Trinajstić information content (AvgIpc) is 2.83. The van der Waals surface area contributed by atoms with Crippen LogP contribution in [-0.4, -0.2) is 23.2 Å². The molecule has 0 saturated carbocycles. The highest BCUT2D eigenvalue weighted by atomic mass is 35.5. The van der Waals surface area contributed by atoms with Gasteiger partial charge in [0.05, 0.1) is 18.2 Å². The summed E-state index contributed by atoms with van der Waals surface area (Å²) >= 11 is 6.07. The van der Waals surface area contributed by atoms with E-state index < -0.39 is 0 Å². The van der Waals surface area contributed by atoms with Crippen LogP contribution in [0.25, 0.3) is 0 Å². The zero-order valence-corrected chi connectivity index (χ0v) is 12.1. The molecular formula is C14H18ClN3O. The first kappa shape index (κ1) is 13.9. The number of aromatic nitrogens is 2. The molecule has 1 atom stereocenters. The number of nitrogens with one attached hydrogen (secondary N) is 1. The van der Waals surface area contributed by atoms with E-state index in [0.29, 0.717) is 10.8 Å². The summed E-state index contributed by atoms with van der Waals surface area (Å²) in [5.41, 5.74) is 1.08. The van der Waals surface area contributed by atoms with Gasteiger partial charge < -0.3 is 14.6 Å². The van der Waals surface area contributed by atoms with E-state index in [9.17, 15) is 0 Å². The normalized spacial score (nSPS) is 12.4. The number of aryl methyl sites for hydroxylation is 1. The molecule has 2 aromatic rings. The van der Waals surface area contributed by atoms with Gasteiger partial charge in [0.15, 0.2) is 0 Å². The van der Waals surface area contributed by atoms with E-state index in [1.165, 1.54) is 0 Å². The van der Waals surface area contributed by atoms with Crippen molar-refractivity contribution < 1.29 is 4.74 Å². The Labute approximate surface area is 118 Å². The molecule has 0 saturated heterocycles. The second-order valence-corrected chi connectivity index (χ2v) is 4.69. The van der Waals surface area contributed by atoms with Gasteiger partial charge in [0.25, 0.3) is 0 Å². The highest BCUT2D eigenvalue weighted by Gasteiger charge is 2.18. The lowest BCUT2D eigenvalue weighted by atomic mass is 10.1. The maximum atomic E-state index is 6.07. The lowest BCUT2D eigenvalue weighted by Gasteiger charge is -2.19. The molecule has 1 heterocycles. The van der Waals surface area contributed by atoms with Crippen molar-refractivity contribution in [3.8, 4) is 5.75 Å². The number of nitrogens with zero attached hydrogens (tertiary/aromatic N) is 2. The maximum Gasteiger partial charge on any atom is 0.137 e. The van der Waals surface area contributed by atoms with E-state index in [4.69, 9.17) is 16.3 Å². The van der Waals surface area contributed by atoms with Gasteiger partial charge >= 0.3 is 0 Å². The van der Waals surface area contributed by atoms with Crippen LogP contribution in [0.5, 0.6) is 5.75 Å². The molecule has 0 bridgehead atoms. The van der Waals surface area contributed by atoms with Crippen molar-refractivity contribution in [3.05, 3.63) is 47.0 Å². The van der Waals surface area contributed by atoms with E-state index >= 15 is 0 Å². The third-order valence-electron chi connectivity index (χ3n) is 3.03. The van der Waals surface area contributed by atoms with Crippen molar-refractivity contribution in [1.29, 1.82) is 0 Å². The summed E-state index contributed by atoms with van der Waals surface area (Å²) in [6.45, 7) is 2.92. The molecule has 0 amide bonds. The molecule has 0 aliphatic heterocycles. The van der Waals surface area contributed by atoms with E-state index in [-0.39, 0.29) is 6.04 Å². The molecule has 1 unspecified atom stereocenters. The smallest absolute Gasteiger partial charge is 0.137 e. The van der Waals surface area contributed by atoms with Crippen molar-refractivity contribution in [1.82, 2.24) is 14.9 Å². The summed E-state index contributed by atoms with van der Waals surface area (Å²) < 4.78 is 7.28. The first-order valence-corrected chi connectivity index (χ1v) is 6.59. The van der Waals surface area contributed by atoms with Crippen LogP contribution in [0.2, 0.25) is 5.02 Å². The van der Waals surface area contributed by atoms with Crippen LogP contribution in [0.1, 0.15) is 24.4 Å². The lowest BCUT2D eigenvalue weighted by Crippen LogP contribution is -2.24. The highest BCUT2D eigenvalue weighted by Crippen LogP contribution is 2.29. The quantitative estimate of drug-likeness (QED) is 0.915. The number of hydrogen-bond acceptors (Lipinski definition) is 3. The Morgan fingerprint density at radius 1 is 1.47 bits per heavy atom. The first-order chi connectivity index (χ1) is 9.17. The number of rotatable bonds is 5. The Hall–Kier alpha value is -1.52. The summed E-state index contributed by atoms with van der Waals surface area (Å²) in [6.07, 6.45) is 3.74. The van der Waals surface area contributed by atoms with Gasteiger partial charge in [-0.2, -0.15) is 0 Å². The van der Waals surface area contributed by atoms with Gasteiger partial charge in [-0.05, 0) is 24.2 Å². The molecule has 1 aromatic heterocycles. The Bertz CT molecular complexity index is 553. The Morgan fingerprint density at radius 3 is 2.84 bits per heavy atom. The summed E-state index contributed by atoms with van der Waals surface area (Å²) in [5.74, 6) is 1.64. The van der Waals surface area contributed by atoms with Gasteiger partial charge in [-0.15, -0.1) is 0 Å². The lowest BCUT2D eigenvalue weighted by molar-refractivity contribution is 0.413. The molecule has 0 aliphatic rings. The number of halogens is 1. The second-order valence-electron chi connectivity index (χ2n) is 4.28. The minimum Gasteiger partial charge on any atom is -0.495 e. The molecule has 19 heavy (non-hydrogen) atoms. The number of hydrogen-bond donors (Lipinski definition) is 1. The first-order valence-electron chi connectivity index (χ1n) is 6.21. The average molecular weight is 280 g/mol. The number of methoxy groups -OCH3 is 1. The number of benzene rings is 1. The summed E-state index contributed by atoms with van der Waals surface area (Å²) in [4.78, 5) is 4.42. The van der Waals surface area contributed by atoms with E-state index in [0.717, 1.165) is 17.9 Å². The van der Waals surface area contributed by atoms with Gasteiger partial charge in [-0.1, -0.05) is 24.6 Å². The van der Waals surface area contributed by atoms with Crippen LogP contribution in [0.4, 0.5) is 0 Å². The molecule has 4 nitrogen and oxygen atoms in total. The summed E-state index contributed by atoms with van der Waals surface area (Å²) in [6, 6.07) is 5.82. The molecule has 2 rings (SSSR count). The fourth-order valence-corrected chi connectivity index (χ4v) is 2.27. The van der Waals surface area contributed by atoms with Crippen LogP contribution < -0.4 is 10.1 Å². The zero-order valence-electron chi connectivity index (χ0n) is 11.4. The monoisotopic (exact) mass is 279 g/mol. The molecule has 0 spiro atoms. The van der Waals surface area contributed by atoms with E-state index in [2.05, 4.69) is 17.2 Å². The molecular weight excluding hydrogens is 262 g/mol.